The summed E-state index contributed by atoms with van der Waals surface area (Å²) in [6.07, 6.45) is 2.30. The van der Waals surface area contributed by atoms with Crippen LogP contribution in [0.1, 0.15) is 30.3 Å². The highest BCUT2D eigenvalue weighted by Crippen LogP contribution is 2.27. The first-order valence-electron chi connectivity index (χ1n) is 9.08. The second-order valence-corrected chi connectivity index (χ2v) is 7.24. The Bertz CT molecular complexity index is 800. The standard InChI is InChI=1S/C20H23N3O3/c1-13(24)21-16-4-2-15(3-5-16)18-6-7-19(26-18)20(25)22-17-10-14-8-9-23(11-14)12-17/h2-7,14,17H,8-12H2,1H3,(H,21,24)(H,22,25)/t14-,17+/m0/s1. The molecule has 2 saturated heterocycles. The molecule has 2 bridgehead atoms. The maximum absolute atomic E-state index is 12.5. The van der Waals surface area contributed by atoms with Crippen LogP contribution in [0.3, 0.4) is 0 Å². The van der Waals surface area contributed by atoms with Gasteiger partial charge in [-0.05, 0) is 61.7 Å². The lowest BCUT2D eigenvalue weighted by Gasteiger charge is -2.30. The van der Waals surface area contributed by atoms with Gasteiger partial charge in [0.1, 0.15) is 5.76 Å². The molecule has 136 valence electrons. The van der Waals surface area contributed by atoms with Crippen LogP contribution < -0.4 is 10.6 Å². The van der Waals surface area contributed by atoms with Crippen LogP contribution in [0.15, 0.2) is 40.8 Å². The van der Waals surface area contributed by atoms with Gasteiger partial charge in [0, 0.05) is 37.3 Å². The number of benzene rings is 1. The minimum absolute atomic E-state index is 0.109. The Hall–Kier alpha value is -2.60. The molecule has 1 aromatic heterocycles. The highest BCUT2D eigenvalue weighted by atomic mass is 16.3. The van der Waals surface area contributed by atoms with E-state index in [1.807, 2.05) is 24.3 Å². The van der Waals surface area contributed by atoms with E-state index in [-0.39, 0.29) is 17.9 Å². The molecule has 0 spiro atoms. The Kier molecular flexibility index (Phi) is 4.51. The predicted molar refractivity (Wildman–Crippen MR) is 98.9 cm³/mol. The van der Waals surface area contributed by atoms with E-state index < -0.39 is 0 Å². The molecule has 2 aliphatic rings. The number of hydrogen-bond acceptors (Lipinski definition) is 4. The summed E-state index contributed by atoms with van der Waals surface area (Å²) in [6, 6.07) is 11.1. The first kappa shape index (κ1) is 16.8. The van der Waals surface area contributed by atoms with Crippen molar-refractivity contribution in [3.8, 4) is 11.3 Å². The predicted octanol–water partition coefficient (Wildman–Crippen LogP) is 2.73. The minimum atomic E-state index is -0.154. The van der Waals surface area contributed by atoms with E-state index in [0.29, 0.717) is 17.4 Å². The number of piperidine rings is 1. The Morgan fingerprint density at radius 2 is 1.92 bits per heavy atom. The highest BCUT2D eigenvalue weighted by molar-refractivity contribution is 5.92. The number of amides is 2. The van der Waals surface area contributed by atoms with E-state index in [1.54, 1.807) is 12.1 Å². The fourth-order valence-corrected chi connectivity index (χ4v) is 3.96. The number of fused-ring (bicyclic) bond motifs is 2. The number of anilines is 1. The van der Waals surface area contributed by atoms with E-state index in [9.17, 15) is 9.59 Å². The molecule has 2 amide bonds. The summed E-state index contributed by atoms with van der Waals surface area (Å²) in [5.74, 6) is 1.42. The summed E-state index contributed by atoms with van der Waals surface area (Å²) in [5.41, 5.74) is 1.59. The van der Waals surface area contributed by atoms with Gasteiger partial charge in [-0.25, -0.2) is 0 Å². The molecule has 6 heteroatoms. The largest absolute Gasteiger partial charge is 0.451 e. The van der Waals surface area contributed by atoms with Crippen LogP contribution in [0.2, 0.25) is 0 Å². The first-order valence-corrected chi connectivity index (χ1v) is 9.08. The number of nitrogens with zero attached hydrogens (tertiary/aromatic N) is 1. The van der Waals surface area contributed by atoms with E-state index >= 15 is 0 Å². The van der Waals surface area contributed by atoms with Crippen molar-refractivity contribution in [3.63, 3.8) is 0 Å². The van der Waals surface area contributed by atoms with Crippen molar-refractivity contribution in [1.29, 1.82) is 0 Å². The smallest absolute Gasteiger partial charge is 0.287 e. The van der Waals surface area contributed by atoms with Crippen molar-refractivity contribution in [1.82, 2.24) is 10.2 Å². The van der Waals surface area contributed by atoms with Gasteiger partial charge in [-0.1, -0.05) is 0 Å². The van der Waals surface area contributed by atoms with Gasteiger partial charge >= 0.3 is 0 Å². The van der Waals surface area contributed by atoms with Gasteiger partial charge in [0.15, 0.2) is 5.76 Å². The lowest BCUT2D eigenvalue weighted by atomic mass is 9.97. The Balaban J connectivity index is 1.40. The molecule has 0 saturated carbocycles. The maximum atomic E-state index is 12.5. The second-order valence-electron chi connectivity index (χ2n) is 7.24. The van der Waals surface area contributed by atoms with Crippen LogP contribution in [0.25, 0.3) is 11.3 Å². The lowest BCUT2D eigenvalue weighted by Crippen LogP contribution is -2.46. The monoisotopic (exact) mass is 353 g/mol. The highest BCUT2D eigenvalue weighted by Gasteiger charge is 2.33. The topological polar surface area (TPSA) is 74.6 Å². The third-order valence-corrected chi connectivity index (χ3v) is 5.12. The molecule has 1 aromatic carbocycles. The average Bonchev–Trinajstić information content (AvgIpc) is 3.22. The van der Waals surface area contributed by atoms with Crippen LogP contribution in [0.5, 0.6) is 0 Å². The maximum Gasteiger partial charge on any atom is 0.287 e. The summed E-state index contributed by atoms with van der Waals surface area (Å²) >= 11 is 0. The molecule has 3 atom stereocenters. The van der Waals surface area contributed by atoms with Crippen LogP contribution in [-0.2, 0) is 4.79 Å². The fraction of sp³-hybridized carbons (Fsp3) is 0.400. The number of carbonyl (C=O) groups excluding carboxylic acids is 2. The fourth-order valence-electron chi connectivity index (χ4n) is 3.96. The Morgan fingerprint density at radius 3 is 2.65 bits per heavy atom. The Morgan fingerprint density at radius 1 is 1.12 bits per heavy atom. The molecular formula is C20H23N3O3. The minimum Gasteiger partial charge on any atom is -0.451 e. The second kappa shape index (κ2) is 6.96. The molecule has 2 aliphatic heterocycles. The zero-order chi connectivity index (χ0) is 18.1. The first-order chi connectivity index (χ1) is 12.6. The summed E-state index contributed by atoms with van der Waals surface area (Å²) in [5, 5.41) is 5.84. The third-order valence-electron chi connectivity index (χ3n) is 5.12. The summed E-state index contributed by atoms with van der Waals surface area (Å²) in [7, 11) is 0. The average molecular weight is 353 g/mol. The molecule has 0 aliphatic carbocycles. The van der Waals surface area contributed by atoms with Gasteiger partial charge in [0.05, 0.1) is 0 Å². The van der Waals surface area contributed by atoms with Gasteiger partial charge in [-0.15, -0.1) is 0 Å². The molecule has 4 rings (SSSR count). The number of furan rings is 1. The van der Waals surface area contributed by atoms with E-state index in [4.69, 9.17) is 4.42 Å². The van der Waals surface area contributed by atoms with Gasteiger partial charge in [0.2, 0.25) is 5.91 Å². The molecule has 2 N–H and O–H groups in total. The van der Waals surface area contributed by atoms with Gasteiger partial charge in [-0.2, -0.15) is 0 Å². The molecule has 1 unspecified atom stereocenters. The zero-order valence-electron chi connectivity index (χ0n) is 14.8. The Labute approximate surface area is 152 Å². The molecule has 26 heavy (non-hydrogen) atoms. The van der Waals surface area contributed by atoms with Crippen LogP contribution in [0, 0.1) is 5.92 Å². The SMILES string of the molecule is CC(=O)Nc1ccc(-c2ccc(C(=O)N[C@@H]3C[C@@H]4CCN(C4)C3)o2)cc1. The summed E-state index contributed by atoms with van der Waals surface area (Å²) < 4.78 is 5.75. The van der Waals surface area contributed by atoms with Crippen LogP contribution in [-0.4, -0.2) is 42.4 Å². The van der Waals surface area contributed by atoms with E-state index in [2.05, 4.69) is 15.5 Å². The normalized spacial score (nSPS) is 24.3. The summed E-state index contributed by atoms with van der Waals surface area (Å²) in [4.78, 5) is 26.0. The lowest BCUT2D eigenvalue weighted by molar-refractivity contribution is -0.114. The molecule has 0 radical (unpaired) electrons. The van der Waals surface area contributed by atoms with Crippen molar-refractivity contribution < 1.29 is 14.0 Å². The summed E-state index contributed by atoms with van der Waals surface area (Å²) in [6.45, 7) is 4.72. The third kappa shape index (κ3) is 3.65. The molecule has 3 heterocycles. The van der Waals surface area contributed by atoms with Crippen LogP contribution >= 0.6 is 0 Å². The van der Waals surface area contributed by atoms with Gasteiger partial charge in [-0.3, -0.25) is 9.59 Å². The van der Waals surface area contributed by atoms with Crippen molar-refractivity contribution >= 4 is 17.5 Å². The number of rotatable bonds is 4. The van der Waals surface area contributed by atoms with Gasteiger partial charge < -0.3 is 20.0 Å². The zero-order valence-corrected chi connectivity index (χ0v) is 14.8. The van der Waals surface area contributed by atoms with Crippen molar-refractivity contribution in [2.24, 2.45) is 5.92 Å². The number of hydrogen-bond donors (Lipinski definition) is 2. The van der Waals surface area contributed by atoms with Crippen molar-refractivity contribution in [2.45, 2.75) is 25.8 Å². The van der Waals surface area contributed by atoms with E-state index in [1.165, 1.54) is 19.9 Å². The quantitative estimate of drug-likeness (QED) is 0.886. The number of carbonyl (C=O) groups is 2. The van der Waals surface area contributed by atoms with Crippen molar-refractivity contribution in [3.05, 3.63) is 42.2 Å². The molecule has 6 nitrogen and oxygen atoms in total. The van der Waals surface area contributed by atoms with Crippen molar-refractivity contribution in [2.75, 3.05) is 25.0 Å². The van der Waals surface area contributed by atoms with Crippen LogP contribution in [0.4, 0.5) is 5.69 Å². The molecule has 2 aromatic rings. The van der Waals surface area contributed by atoms with Gasteiger partial charge in [0.25, 0.3) is 5.91 Å². The molecule has 2 fully saturated rings. The number of nitrogens with one attached hydrogen (secondary N) is 2. The molecular weight excluding hydrogens is 330 g/mol. The van der Waals surface area contributed by atoms with E-state index in [0.717, 1.165) is 30.8 Å².